The highest BCUT2D eigenvalue weighted by Crippen LogP contribution is 2.37. The molecule has 7 nitrogen and oxygen atoms in total. The highest BCUT2D eigenvalue weighted by Gasteiger charge is 2.30. The van der Waals surface area contributed by atoms with Crippen LogP contribution < -0.4 is 0 Å². The summed E-state index contributed by atoms with van der Waals surface area (Å²) in [7, 11) is 0. The third-order valence-corrected chi connectivity index (χ3v) is 5.82. The lowest BCUT2D eigenvalue weighted by atomic mass is 9.76. The highest BCUT2D eigenvalue weighted by molar-refractivity contribution is 5.68. The maximum atomic E-state index is 10.9. The van der Waals surface area contributed by atoms with E-state index in [4.69, 9.17) is 9.63 Å². The lowest BCUT2D eigenvalue weighted by Gasteiger charge is -2.28. The first-order chi connectivity index (χ1) is 13.7. The maximum absolute atomic E-state index is 10.9. The van der Waals surface area contributed by atoms with Gasteiger partial charge in [-0.15, -0.1) is 0 Å². The van der Waals surface area contributed by atoms with Crippen molar-refractivity contribution in [1.82, 2.24) is 20.3 Å². The lowest BCUT2D eigenvalue weighted by molar-refractivity contribution is -0.136. The number of nitrogens with zero attached hydrogens (tertiary/aromatic N) is 3. The van der Waals surface area contributed by atoms with Gasteiger partial charge in [0.1, 0.15) is 0 Å². The Kier molecular flexibility index (Phi) is 4.76. The minimum Gasteiger partial charge on any atom is -0.481 e. The molecule has 0 fully saturated rings. The van der Waals surface area contributed by atoms with Crippen LogP contribution in [0.5, 0.6) is 0 Å². The summed E-state index contributed by atoms with van der Waals surface area (Å²) in [6, 6.07) is 4.02. The zero-order chi connectivity index (χ0) is 20.8. The van der Waals surface area contributed by atoms with Crippen molar-refractivity contribution >= 4 is 5.97 Å². The Labute approximate surface area is 169 Å². The van der Waals surface area contributed by atoms with Crippen LogP contribution in [-0.4, -0.2) is 31.4 Å². The topological polar surface area (TPSA) is 105 Å². The van der Waals surface area contributed by atoms with Crippen molar-refractivity contribution in [2.24, 2.45) is 5.41 Å². The van der Waals surface area contributed by atoms with E-state index in [1.165, 1.54) is 5.56 Å². The van der Waals surface area contributed by atoms with Gasteiger partial charge in [0.15, 0.2) is 5.69 Å². The molecule has 7 heteroatoms. The number of aromatic nitrogens is 4. The maximum Gasteiger partial charge on any atom is 0.303 e. The van der Waals surface area contributed by atoms with Crippen LogP contribution in [0.25, 0.3) is 23.0 Å². The first-order valence-electron chi connectivity index (χ1n) is 9.96. The molecule has 0 saturated carbocycles. The predicted octanol–water partition coefficient (Wildman–Crippen LogP) is 4.28. The number of carboxylic acids is 1. The number of hydrogen-bond acceptors (Lipinski definition) is 5. The van der Waals surface area contributed by atoms with E-state index in [0.29, 0.717) is 18.1 Å². The van der Waals surface area contributed by atoms with Gasteiger partial charge in [-0.05, 0) is 67.7 Å². The van der Waals surface area contributed by atoms with E-state index in [0.717, 1.165) is 52.9 Å². The second-order valence-corrected chi connectivity index (χ2v) is 8.78. The fourth-order valence-electron chi connectivity index (χ4n) is 4.08. The van der Waals surface area contributed by atoms with Crippen LogP contribution >= 0.6 is 0 Å². The monoisotopic (exact) mass is 394 g/mol. The molecule has 2 aromatic heterocycles. The van der Waals surface area contributed by atoms with Crippen molar-refractivity contribution in [1.29, 1.82) is 0 Å². The minimum absolute atomic E-state index is 0.118. The summed E-state index contributed by atoms with van der Waals surface area (Å²) in [5.74, 6) is 0.169. The normalized spacial score (nSPS) is 15.3. The van der Waals surface area contributed by atoms with Gasteiger partial charge in [0.25, 0.3) is 5.89 Å². The van der Waals surface area contributed by atoms with Crippen LogP contribution in [0, 0.1) is 19.3 Å². The Hall–Kier alpha value is -2.96. The standard InChI is InChI=1S/C22H26N4O3/c1-12-10-16(13(2)9-14(12)5-6-18(27)28)20-23-21(29-26-20)19-15-7-8-22(3,4)11-17(15)24-25-19/h9-10H,5-8,11H2,1-4H3,(H,24,25)(H,27,28). The predicted molar refractivity (Wildman–Crippen MR) is 109 cm³/mol. The Morgan fingerprint density at radius 3 is 2.83 bits per heavy atom. The molecule has 1 aromatic carbocycles. The molecule has 2 heterocycles. The van der Waals surface area contributed by atoms with E-state index < -0.39 is 5.97 Å². The fourth-order valence-corrected chi connectivity index (χ4v) is 4.08. The molecule has 0 saturated heterocycles. The van der Waals surface area contributed by atoms with Gasteiger partial charge < -0.3 is 9.63 Å². The number of benzene rings is 1. The molecule has 0 spiro atoms. The van der Waals surface area contributed by atoms with Gasteiger partial charge in [0, 0.05) is 23.2 Å². The van der Waals surface area contributed by atoms with Crippen molar-refractivity contribution in [3.63, 3.8) is 0 Å². The number of hydrogen-bond donors (Lipinski definition) is 2. The van der Waals surface area contributed by atoms with Gasteiger partial charge in [-0.1, -0.05) is 25.1 Å². The molecule has 3 aromatic rings. The molecular weight excluding hydrogens is 368 g/mol. The number of carboxylic acid groups (broad SMARTS) is 1. The number of nitrogens with one attached hydrogen (secondary N) is 1. The van der Waals surface area contributed by atoms with Crippen molar-refractivity contribution in [3.8, 4) is 23.0 Å². The summed E-state index contributed by atoms with van der Waals surface area (Å²) in [4.78, 5) is 15.5. The summed E-state index contributed by atoms with van der Waals surface area (Å²) >= 11 is 0. The second kappa shape index (κ2) is 7.13. The van der Waals surface area contributed by atoms with Gasteiger partial charge in [-0.25, -0.2) is 0 Å². The molecule has 152 valence electrons. The quantitative estimate of drug-likeness (QED) is 0.669. The number of H-pyrrole nitrogens is 1. The van der Waals surface area contributed by atoms with Crippen LogP contribution in [0.3, 0.4) is 0 Å². The smallest absolute Gasteiger partial charge is 0.303 e. The molecule has 0 aliphatic heterocycles. The fraction of sp³-hybridized carbons (Fsp3) is 0.455. The average molecular weight is 394 g/mol. The lowest BCUT2D eigenvalue weighted by Crippen LogP contribution is -2.21. The molecule has 2 N–H and O–H groups in total. The first-order valence-corrected chi connectivity index (χ1v) is 9.96. The van der Waals surface area contributed by atoms with Crippen molar-refractivity contribution in [2.75, 3.05) is 0 Å². The zero-order valence-corrected chi connectivity index (χ0v) is 17.3. The molecule has 0 unspecified atom stereocenters. The molecule has 0 radical (unpaired) electrons. The number of aryl methyl sites for hydroxylation is 3. The van der Waals surface area contributed by atoms with E-state index in [1.807, 2.05) is 26.0 Å². The van der Waals surface area contributed by atoms with Crippen LogP contribution in [0.15, 0.2) is 16.7 Å². The van der Waals surface area contributed by atoms with Crippen molar-refractivity contribution in [3.05, 3.63) is 40.1 Å². The number of carbonyl (C=O) groups is 1. The molecule has 0 atom stereocenters. The summed E-state index contributed by atoms with van der Waals surface area (Å²) in [5.41, 5.74) is 7.30. The third kappa shape index (κ3) is 3.81. The number of rotatable bonds is 5. The Morgan fingerprint density at radius 1 is 1.28 bits per heavy atom. The van der Waals surface area contributed by atoms with Gasteiger partial charge in [-0.3, -0.25) is 9.89 Å². The largest absolute Gasteiger partial charge is 0.481 e. The average Bonchev–Trinajstić information content (AvgIpc) is 3.27. The minimum atomic E-state index is -0.792. The van der Waals surface area contributed by atoms with E-state index >= 15 is 0 Å². The number of aliphatic carboxylic acids is 1. The summed E-state index contributed by atoms with van der Waals surface area (Å²) in [5, 5.41) is 20.7. The summed E-state index contributed by atoms with van der Waals surface area (Å²) in [6.45, 7) is 8.50. The highest BCUT2D eigenvalue weighted by atomic mass is 16.5. The molecule has 4 rings (SSSR count). The third-order valence-electron chi connectivity index (χ3n) is 5.82. The van der Waals surface area contributed by atoms with Crippen molar-refractivity contribution in [2.45, 2.75) is 59.8 Å². The van der Waals surface area contributed by atoms with E-state index in [9.17, 15) is 4.79 Å². The molecule has 1 aliphatic rings. The van der Waals surface area contributed by atoms with Crippen LogP contribution in [-0.2, 0) is 24.1 Å². The van der Waals surface area contributed by atoms with Gasteiger partial charge in [0.05, 0.1) is 0 Å². The van der Waals surface area contributed by atoms with Crippen LogP contribution in [0.4, 0.5) is 0 Å². The number of aromatic amines is 1. The molecule has 0 amide bonds. The zero-order valence-electron chi connectivity index (χ0n) is 17.3. The Bertz CT molecular complexity index is 1080. The Morgan fingerprint density at radius 2 is 2.07 bits per heavy atom. The molecule has 29 heavy (non-hydrogen) atoms. The second-order valence-electron chi connectivity index (χ2n) is 8.78. The number of fused-ring (bicyclic) bond motifs is 1. The molecular formula is C22H26N4O3. The van der Waals surface area contributed by atoms with E-state index in [2.05, 4.69) is 34.2 Å². The summed E-state index contributed by atoms with van der Waals surface area (Å²) < 4.78 is 5.56. The first kappa shape index (κ1) is 19.4. The van der Waals surface area contributed by atoms with Gasteiger partial charge in [0.2, 0.25) is 5.82 Å². The molecule has 1 aliphatic carbocycles. The van der Waals surface area contributed by atoms with Crippen molar-refractivity contribution < 1.29 is 14.4 Å². The SMILES string of the molecule is Cc1cc(-c2noc(-c3n[nH]c4c3CCC(C)(C)C4)n2)c(C)cc1CCC(=O)O. The van der Waals surface area contributed by atoms with E-state index in [1.54, 1.807) is 0 Å². The summed E-state index contributed by atoms with van der Waals surface area (Å²) in [6.07, 6.45) is 3.64. The molecule has 0 bridgehead atoms. The Balaban J connectivity index is 1.63. The van der Waals surface area contributed by atoms with Gasteiger partial charge in [-0.2, -0.15) is 10.1 Å². The van der Waals surface area contributed by atoms with Crippen LogP contribution in [0.2, 0.25) is 0 Å². The van der Waals surface area contributed by atoms with Gasteiger partial charge >= 0.3 is 5.97 Å². The van der Waals surface area contributed by atoms with Crippen LogP contribution in [0.1, 0.15) is 54.6 Å². The van der Waals surface area contributed by atoms with E-state index in [-0.39, 0.29) is 11.8 Å².